The Balaban J connectivity index is 6.88. The van der Waals surface area contributed by atoms with Crippen molar-refractivity contribution in [1.29, 1.82) is 0 Å². The topological polar surface area (TPSA) is 607 Å². The summed E-state index contributed by atoms with van der Waals surface area (Å²) in [6.07, 6.45) is -4.14. The van der Waals surface area contributed by atoms with Crippen molar-refractivity contribution in [2.45, 2.75) is 132 Å². The molecule has 0 bridgehead atoms. The average molecular weight is 1030 g/mol. The Morgan fingerprint density at radius 3 is 0.806 bits per heavy atom. The standard InChI is InChI=1S/C39H71N19O14/c40-19(5-1-15-49-36(41)42)29(65)53-22(9-12-26(59)60)32(68)54-20(6-2-16-50-37(43)44)30(66)56-23(10-13-27(61)62)33(69)55-21(7-3-17-51-38(45)46)31(67)57-24(11-14-28(63)64)34(70)58-25(35(71)72)8-4-18-52-39(47)48/h19-25H,1-18,40H2,(H,53,65)(H,54,68)(H,55,69)(H,56,66)(H,57,67)(H,58,70)(H,59,60)(H,61,62)(H,63,64)(H,71,72)(H4,41,42,49)(H4,43,44,50)(H4,45,46,51)(H4,47,48,52)/t19-,20-,21-,22-,23-,24-,25-/m0/s1. The SMILES string of the molecule is NC(N)=NCCC[C@H](NC(=O)[C@H](CCC(=O)O)NC(=O)[C@H](CCCN=C(N)N)NC(=O)[C@H](CCC(=O)O)NC(=O)[C@H](CCCN=C(N)N)NC(=O)[C@H](CCC(=O)O)NC(=O)[C@@H](N)CCCN=C(N)N)C(=O)O. The van der Waals surface area contributed by atoms with Gasteiger partial charge in [-0.05, 0) is 70.6 Å². The first-order valence-corrected chi connectivity index (χ1v) is 22.4. The monoisotopic (exact) mass is 1030 g/mol. The molecule has 0 aliphatic carbocycles. The van der Waals surface area contributed by atoms with Gasteiger partial charge in [0.15, 0.2) is 23.8 Å². The van der Waals surface area contributed by atoms with Gasteiger partial charge in [0, 0.05) is 45.4 Å². The van der Waals surface area contributed by atoms with E-state index in [4.69, 9.17) is 51.6 Å². The van der Waals surface area contributed by atoms with Crippen LogP contribution in [0.3, 0.4) is 0 Å². The van der Waals surface area contributed by atoms with Crippen molar-refractivity contribution < 1.29 is 68.4 Å². The fourth-order valence-corrected chi connectivity index (χ4v) is 6.21. The molecular weight excluding hydrogens is 959 g/mol. The van der Waals surface area contributed by atoms with E-state index in [0.29, 0.717) is 0 Å². The molecule has 0 radical (unpaired) electrons. The minimum atomic E-state index is -1.78. The molecule has 0 aromatic rings. The highest BCUT2D eigenvalue weighted by molar-refractivity contribution is 5.97. The second kappa shape index (κ2) is 34.9. The predicted octanol–water partition coefficient (Wildman–Crippen LogP) is -7.88. The number of aliphatic imine (C=N–C) groups is 4. The summed E-state index contributed by atoms with van der Waals surface area (Å²) < 4.78 is 0. The zero-order chi connectivity index (χ0) is 54.9. The number of nitrogens with zero attached hydrogens (tertiary/aromatic N) is 4. The number of nitrogens with two attached hydrogens (primary N) is 9. The van der Waals surface area contributed by atoms with Crippen molar-refractivity contribution in [3.05, 3.63) is 0 Å². The molecule has 0 saturated carbocycles. The Kier molecular flexibility index (Phi) is 30.9. The van der Waals surface area contributed by atoms with Crippen molar-refractivity contribution in [1.82, 2.24) is 31.9 Å². The number of carbonyl (C=O) groups excluding carboxylic acids is 6. The summed E-state index contributed by atoms with van der Waals surface area (Å²) in [7, 11) is 0. The van der Waals surface area contributed by atoms with Crippen LogP contribution in [0.1, 0.15) is 89.9 Å². The molecular formula is C39H71N19O14. The van der Waals surface area contributed by atoms with E-state index in [9.17, 15) is 68.4 Å². The van der Waals surface area contributed by atoms with Crippen molar-refractivity contribution >= 4 is 83.2 Å². The third-order valence-electron chi connectivity index (χ3n) is 9.86. The first kappa shape index (κ1) is 63.7. The maximum atomic E-state index is 14.0. The van der Waals surface area contributed by atoms with Crippen LogP contribution in [0, 0.1) is 0 Å². The van der Waals surface area contributed by atoms with Gasteiger partial charge in [0.05, 0.1) is 6.04 Å². The minimum absolute atomic E-state index is 0.000416. The zero-order valence-electron chi connectivity index (χ0n) is 39.6. The van der Waals surface area contributed by atoms with Gasteiger partial charge in [0.2, 0.25) is 35.4 Å². The van der Waals surface area contributed by atoms with Crippen molar-refractivity contribution in [3.63, 3.8) is 0 Å². The van der Waals surface area contributed by atoms with Crippen LogP contribution in [0.5, 0.6) is 0 Å². The van der Waals surface area contributed by atoms with E-state index in [-0.39, 0.29) is 101 Å². The number of hydrogen-bond donors (Lipinski definition) is 19. The van der Waals surface area contributed by atoms with Gasteiger partial charge in [-0.15, -0.1) is 0 Å². The Hall–Kier alpha value is -8.26. The highest BCUT2D eigenvalue weighted by Gasteiger charge is 2.34. The molecule has 0 rings (SSSR count). The van der Waals surface area contributed by atoms with Gasteiger partial charge < -0.3 is 104 Å². The number of nitrogens with one attached hydrogen (secondary N) is 6. The summed E-state index contributed by atoms with van der Waals surface area (Å²) in [6.45, 7) is -0.0699. The molecule has 0 fully saturated rings. The van der Waals surface area contributed by atoms with E-state index in [1.807, 2.05) is 0 Å². The fourth-order valence-electron chi connectivity index (χ4n) is 6.21. The van der Waals surface area contributed by atoms with E-state index < -0.39 is 140 Å². The summed E-state index contributed by atoms with van der Waals surface area (Å²) in [5.41, 5.74) is 48.8. The summed E-state index contributed by atoms with van der Waals surface area (Å²) in [6, 6.07) is -11.1. The largest absolute Gasteiger partial charge is 0.481 e. The lowest BCUT2D eigenvalue weighted by molar-refractivity contribution is -0.143. The Morgan fingerprint density at radius 2 is 0.556 bits per heavy atom. The number of guanidine groups is 4. The zero-order valence-corrected chi connectivity index (χ0v) is 39.6. The Morgan fingerprint density at radius 1 is 0.333 bits per heavy atom. The van der Waals surface area contributed by atoms with E-state index in [2.05, 4.69) is 51.9 Å². The molecule has 0 unspecified atom stereocenters. The number of amides is 6. The second-order valence-electron chi connectivity index (χ2n) is 15.9. The molecule has 33 nitrogen and oxygen atoms in total. The molecule has 0 aromatic heterocycles. The van der Waals surface area contributed by atoms with E-state index in [1.165, 1.54) is 0 Å². The lowest BCUT2D eigenvalue weighted by Crippen LogP contribution is -2.60. The van der Waals surface area contributed by atoms with Crippen LogP contribution in [0.25, 0.3) is 0 Å². The van der Waals surface area contributed by atoms with Crippen LogP contribution in [-0.4, -0.2) is 172 Å². The van der Waals surface area contributed by atoms with Crippen molar-refractivity contribution in [2.24, 2.45) is 71.6 Å². The quantitative estimate of drug-likeness (QED) is 0.0155. The van der Waals surface area contributed by atoms with E-state index >= 15 is 0 Å². The number of rotatable bonds is 38. The van der Waals surface area contributed by atoms with Gasteiger partial charge in [-0.3, -0.25) is 63.1 Å². The molecule has 406 valence electrons. The summed E-state index contributed by atoms with van der Waals surface area (Å²) in [5, 5.41) is 52.1. The third kappa shape index (κ3) is 30.3. The van der Waals surface area contributed by atoms with Gasteiger partial charge in [-0.25, -0.2) is 4.79 Å². The number of carbonyl (C=O) groups is 10. The number of carboxylic acid groups (broad SMARTS) is 4. The number of hydrogen-bond acceptors (Lipinski definition) is 15. The molecule has 72 heavy (non-hydrogen) atoms. The molecule has 0 spiro atoms. The van der Waals surface area contributed by atoms with E-state index in [1.54, 1.807) is 0 Å². The molecule has 0 aliphatic heterocycles. The van der Waals surface area contributed by atoms with Crippen molar-refractivity contribution in [3.8, 4) is 0 Å². The summed E-state index contributed by atoms with van der Waals surface area (Å²) >= 11 is 0. The smallest absolute Gasteiger partial charge is 0.326 e. The fraction of sp³-hybridized carbons (Fsp3) is 0.641. The average Bonchev–Trinajstić information content (AvgIpc) is 3.28. The maximum Gasteiger partial charge on any atom is 0.326 e. The molecule has 28 N–H and O–H groups in total. The van der Waals surface area contributed by atoms with Gasteiger partial charge in [-0.1, -0.05) is 0 Å². The Bertz CT molecular complexity index is 1970. The predicted molar refractivity (Wildman–Crippen MR) is 257 cm³/mol. The van der Waals surface area contributed by atoms with Crippen LogP contribution >= 0.6 is 0 Å². The van der Waals surface area contributed by atoms with Gasteiger partial charge in [0.1, 0.15) is 36.3 Å². The first-order chi connectivity index (χ1) is 33.7. The molecule has 33 heteroatoms. The van der Waals surface area contributed by atoms with Gasteiger partial charge >= 0.3 is 23.9 Å². The third-order valence-corrected chi connectivity index (χ3v) is 9.86. The molecule has 7 atom stereocenters. The Labute approximate surface area is 412 Å². The lowest BCUT2D eigenvalue weighted by Gasteiger charge is -2.27. The number of aliphatic carboxylic acids is 4. The second-order valence-corrected chi connectivity index (χ2v) is 15.9. The highest BCUT2D eigenvalue weighted by atomic mass is 16.4. The molecule has 6 amide bonds. The van der Waals surface area contributed by atoms with Gasteiger partial charge in [0.25, 0.3) is 0 Å². The highest BCUT2D eigenvalue weighted by Crippen LogP contribution is 2.10. The van der Waals surface area contributed by atoms with Crippen LogP contribution < -0.4 is 83.5 Å². The van der Waals surface area contributed by atoms with E-state index in [0.717, 1.165) is 0 Å². The maximum absolute atomic E-state index is 14.0. The van der Waals surface area contributed by atoms with Crippen LogP contribution in [0.15, 0.2) is 20.0 Å². The first-order valence-electron chi connectivity index (χ1n) is 22.4. The van der Waals surface area contributed by atoms with Gasteiger partial charge in [-0.2, -0.15) is 0 Å². The minimum Gasteiger partial charge on any atom is -0.481 e. The molecule has 0 aliphatic rings. The summed E-state index contributed by atoms with van der Waals surface area (Å²) in [4.78, 5) is 144. The summed E-state index contributed by atoms with van der Waals surface area (Å²) in [5.74, 6) is -13.2. The normalized spacial score (nSPS) is 13.5. The van der Waals surface area contributed by atoms with Crippen LogP contribution in [0.2, 0.25) is 0 Å². The molecule has 0 aromatic carbocycles. The molecule has 0 saturated heterocycles. The van der Waals surface area contributed by atoms with Crippen molar-refractivity contribution in [2.75, 3.05) is 26.2 Å². The molecule has 0 heterocycles. The number of carboxylic acids is 4. The van der Waals surface area contributed by atoms with Crippen LogP contribution in [-0.2, 0) is 47.9 Å². The van der Waals surface area contributed by atoms with Crippen LogP contribution in [0.4, 0.5) is 0 Å². The lowest BCUT2D eigenvalue weighted by atomic mass is 10.0.